The lowest BCUT2D eigenvalue weighted by molar-refractivity contribution is -0.137. The van der Waals surface area contributed by atoms with Crippen molar-refractivity contribution in [1.29, 1.82) is 0 Å². The summed E-state index contributed by atoms with van der Waals surface area (Å²) in [7, 11) is 0. The predicted molar refractivity (Wildman–Crippen MR) is 119 cm³/mol. The third-order valence-electron chi connectivity index (χ3n) is 5.81. The molecule has 5 rings (SSSR count). The number of hydrazone groups is 1. The van der Waals surface area contributed by atoms with Gasteiger partial charge in [-0.15, -0.1) is 0 Å². The van der Waals surface area contributed by atoms with E-state index in [9.17, 15) is 18.0 Å². The molecule has 34 heavy (non-hydrogen) atoms. The Morgan fingerprint density at radius 3 is 2.79 bits per heavy atom. The Hall–Kier alpha value is -3.73. The first-order valence-corrected chi connectivity index (χ1v) is 10.9. The van der Waals surface area contributed by atoms with Crippen LogP contribution >= 0.6 is 0 Å². The number of nitrogens with zero attached hydrogens (tertiary/aromatic N) is 3. The van der Waals surface area contributed by atoms with Gasteiger partial charge in [0.2, 0.25) is 0 Å². The SMILES string of the molecule is O=C(NC1=CC(N2CCOCC2)=CCN1)C1=CNC2C=CC(c3ccccc3C(F)(F)F)=NN12. The Bertz CT molecular complexity index is 1130. The normalized spacial score (nSPS) is 22.0. The highest BCUT2D eigenvalue weighted by Gasteiger charge is 2.36. The van der Waals surface area contributed by atoms with E-state index in [2.05, 4.69) is 26.0 Å². The molecule has 1 aromatic carbocycles. The van der Waals surface area contributed by atoms with Crippen molar-refractivity contribution >= 4 is 11.6 Å². The molecular formula is C23H23F3N6O2. The molecule has 1 amide bonds. The number of rotatable bonds is 4. The number of hydrogen-bond donors (Lipinski definition) is 3. The highest BCUT2D eigenvalue weighted by atomic mass is 19.4. The van der Waals surface area contributed by atoms with E-state index in [1.807, 2.05) is 12.2 Å². The molecule has 3 N–H and O–H groups in total. The van der Waals surface area contributed by atoms with Crippen molar-refractivity contribution in [3.8, 4) is 0 Å². The number of benzene rings is 1. The fraction of sp³-hybridized carbons (Fsp3) is 0.304. The maximum Gasteiger partial charge on any atom is 0.417 e. The first-order valence-electron chi connectivity index (χ1n) is 10.9. The minimum atomic E-state index is -4.52. The van der Waals surface area contributed by atoms with Gasteiger partial charge in [-0.25, -0.2) is 5.01 Å². The molecule has 4 aliphatic rings. The number of allylic oxidation sites excluding steroid dienone is 2. The van der Waals surface area contributed by atoms with Gasteiger partial charge in [0.1, 0.15) is 17.7 Å². The first kappa shape index (κ1) is 22.1. The molecule has 1 fully saturated rings. The van der Waals surface area contributed by atoms with Crippen LogP contribution in [0, 0.1) is 0 Å². The zero-order valence-corrected chi connectivity index (χ0v) is 18.1. The van der Waals surface area contributed by atoms with Crippen LogP contribution in [0.2, 0.25) is 0 Å². The summed E-state index contributed by atoms with van der Waals surface area (Å²) >= 11 is 0. The fourth-order valence-corrected chi connectivity index (χ4v) is 4.13. The lowest BCUT2D eigenvalue weighted by Crippen LogP contribution is -2.42. The second-order valence-electron chi connectivity index (χ2n) is 7.99. The molecular weight excluding hydrogens is 449 g/mol. The van der Waals surface area contributed by atoms with E-state index in [1.54, 1.807) is 6.08 Å². The van der Waals surface area contributed by atoms with Crippen molar-refractivity contribution < 1.29 is 22.7 Å². The van der Waals surface area contributed by atoms with Crippen LogP contribution in [-0.2, 0) is 15.7 Å². The van der Waals surface area contributed by atoms with Gasteiger partial charge >= 0.3 is 6.18 Å². The number of fused-ring (bicyclic) bond motifs is 1. The third-order valence-corrected chi connectivity index (χ3v) is 5.81. The summed E-state index contributed by atoms with van der Waals surface area (Å²) in [5, 5.41) is 14.7. The Balaban J connectivity index is 1.34. The highest BCUT2D eigenvalue weighted by Crippen LogP contribution is 2.33. The van der Waals surface area contributed by atoms with Crippen molar-refractivity contribution in [1.82, 2.24) is 25.9 Å². The maximum absolute atomic E-state index is 13.5. The second kappa shape index (κ2) is 8.90. The number of nitrogens with one attached hydrogen (secondary N) is 3. The van der Waals surface area contributed by atoms with Gasteiger partial charge in [-0.3, -0.25) is 4.79 Å². The summed E-state index contributed by atoms with van der Waals surface area (Å²) < 4.78 is 45.9. The number of morpholine rings is 1. The summed E-state index contributed by atoms with van der Waals surface area (Å²) in [6.45, 7) is 3.41. The van der Waals surface area contributed by atoms with E-state index in [4.69, 9.17) is 4.74 Å². The Labute approximate surface area is 194 Å². The molecule has 0 saturated carbocycles. The largest absolute Gasteiger partial charge is 0.417 e. The van der Waals surface area contributed by atoms with Gasteiger partial charge in [-0.05, 0) is 24.3 Å². The monoisotopic (exact) mass is 472 g/mol. The van der Waals surface area contributed by atoms with E-state index in [0.717, 1.165) is 24.9 Å². The van der Waals surface area contributed by atoms with Gasteiger partial charge in [0.25, 0.3) is 5.91 Å². The summed E-state index contributed by atoms with van der Waals surface area (Å²) in [6.07, 6.45) is 3.62. The van der Waals surface area contributed by atoms with Crippen molar-refractivity contribution in [2.75, 3.05) is 32.8 Å². The Kier molecular flexibility index (Phi) is 5.78. The fourth-order valence-electron chi connectivity index (χ4n) is 4.13. The molecule has 178 valence electrons. The van der Waals surface area contributed by atoms with Crippen LogP contribution in [-0.4, -0.2) is 60.5 Å². The van der Waals surface area contributed by atoms with E-state index in [1.165, 1.54) is 35.5 Å². The van der Waals surface area contributed by atoms with Gasteiger partial charge in [0.05, 0.1) is 24.5 Å². The molecule has 1 saturated heterocycles. The topological polar surface area (TPSA) is 81.2 Å². The average molecular weight is 472 g/mol. The lowest BCUT2D eigenvalue weighted by Gasteiger charge is -2.32. The molecule has 0 aliphatic carbocycles. The van der Waals surface area contributed by atoms with Gasteiger partial charge in [-0.1, -0.05) is 18.2 Å². The van der Waals surface area contributed by atoms with Gasteiger partial charge in [0, 0.05) is 43.2 Å². The summed E-state index contributed by atoms with van der Waals surface area (Å²) in [5.74, 6) is 0.108. The molecule has 8 nitrogen and oxygen atoms in total. The van der Waals surface area contributed by atoms with Crippen LogP contribution in [0.15, 0.2) is 77.1 Å². The molecule has 4 heterocycles. The van der Waals surface area contributed by atoms with E-state index >= 15 is 0 Å². The minimum Gasteiger partial charge on any atom is -0.378 e. The van der Waals surface area contributed by atoms with Crippen LogP contribution in [0.1, 0.15) is 11.1 Å². The van der Waals surface area contributed by atoms with Gasteiger partial charge < -0.3 is 25.6 Å². The Morgan fingerprint density at radius 2 is 2.00 bits per heavy atom. The third kappa shape index (κ3) is 4.38. The molecule has 1 aromatic rings. The minimum absolute atomic E-state index is 0.0479. The number of dihydropyridines is 1. The zero-order chi connectivity index (χ0) is 23.7. The molecule has 1 atom stereocenters. The molecule has 0 spiro atoms. The van der Waals surface area contributed by atoms with Gasteiger partial charge in [0.15, 0.2) is 0 Å². The smallest absolute Gasteiger partial charge is 0.378 e. The molecule has 0 aromatic heterocycles. The first-order chi connectivity index (χ1) is 16.4. The van der Waals surface area contributed by atoms with Crippen LogP contribution in [0.4, 0.5) is 13.2 Å². The summed E-state index contributed by atoms with van der Waals surface area (Å²) in [6, 6.07) is 5.25. The lowest BCUT2D eigenvalue weighted by atomic mass is 10.0. The van der Waals surface area contributed by atoms with E-state index in [0.29, 0.717) is 25.6 Å². The molecule has 0 bridgehead atoms. The molecule has 1 unspecified atom stereocenters. The number of carbonyl (C=O) groups is 1. The number of halogens is 3. The maximum atomic E-state index is 13.5. The van der Waals surface area contributed by atoms with Crippen molar-refractivity contribution in [3.05, 3.63) is 83.1 Å². The second-order valence-corrected chi connectivity index (χ2v) is 7.99. The van der Waals surface area contributed by atoms with Crippen LogP contribution < -0.4 is 16.0 Å². The Morgan fingerprint density at radius 1 is 1.21 bits per heavy atom. The highest BCUT2D eigenvalue weighted by molar-refractivity contribution is 6.10. The van der Waals surface area contributed by atoms with Gasteiger partial charge in [-0.2, -0.15) is 18.3 Å². The summed E-state index contributed by atoms with van der Waals surface area (Å²) in [4.78, 5) is 15.2. The molecule has 11 heteroatoms. The van der Waals surface area contributed by atoms with Crippen LogP contribution in [0.5, 0.6) is 0 Å². The van der Waals surface area contributed by atoms with E-state index < -0.39 is 23.8 Å². The average Bonchev–Trinajstić information content (AvgIpc) is 3.28. The molecule has 0 radical (unpaired) electrons. The number of hydrogen-bond acceptors (Lipinski definition) is 7. The number of ether oxygens (including phenoxy) is 1. The number of amides is 1. The standard InChI is InChI=1S/C23H23F3N6O2/c24-23(25,26)17-4-2-1-3-16(17)18-5-6-21-28-14-19(32(21)30-18)22(33)29-20-13-15(7-8-27-20)31-9-11-34-12-10-31/h1-7,13-14,21,27-28H,8-12H2,(H,29,33). The van der Waals surface area contributed by atoms with Crippen molar-refractivity contribution in [2.45, 2.75) is 12.3 Å². The zero-order valence-electron chi connectivity index (χ0n) is 18.1. The number of alkyl halides is 3. The molecule has 4 aliphatic heterocycles. The predicted octanol–water partition coefficient (Wildman–Crippen LogP) is 1.83. The van der Waals surface area contributed by atoms with Crippen molar-refractivity contribution in [2.24, 2.45) is 5.10 Å². The van der Waals surface area contributed by atoms with Crippen molar-refractivity contribution in [3.63, 3.8) is 0 Å². The number of carbonyl (C=O) groups excluding carboxylic acids is 1. The quantitative estimate of drug-likeness (QED) is 0.621. The van der Waals surface area contributed by atoms with E-state index in [-0.39, 0.29) is 17.0 Å². The van der Waals surface area contributed by atoms with Crippen LogP contribution in [0.25, 0.3) is 0 Å². The summed E-state index contributed by atoms with van der Waals surface area (Å²) in [5.41, 5.74) is 0.491. The van der Waals surface area contributed by atoms with Crippen LogP contribution in [0.3, 0.4) is 0 Å².